The first-order valence-corrected chi connectivity index (χ1v) is 10.3. The van der Waals surface area contributed by atoms with Crippen molar-refractivity contribution in [3.05, 3.63) is 59.7 Å². The lowest BCUT2D eigenvalue weighted by Gasteiger charge is -2.44. The van der Waals surface area contributed by atoms with Gasteiger partial charge in [-0.05, 0) is 74.9 Å². The van der Waals surface area contributed by atoms with Crippen molar-refractivity contribution in [2.75, 3.05) is 7.11 Å². The third-order valence-corrected chi connectivity index (χ3v) is 6.18. The molecule has 28 heavy (non-hydrogen) atoms. The molecule has 150 valence electrons. The second-order valence-electron chi connectivity index (χ2n) is 8.54. The summed E-state index contributed by atoms with van der Waals surface area (Å²) in [5.74, 6) is 1.77. The van der Waals surface area contributed by atoms with Crippen molar-refractivity contribution in [1.29, 1.82) is 0 Å². The summed E-state index contributed by atoms with van der Waals surface area (Å²) >= 11 is 0. The van der Waals surface area contributed by atoms with Crippen molar-refractivity contribution in [3.63, 3.8) is 0 Å². The number of nitrogens with zero attached hydrogens (tertiary/aromatic N) is 1. The molecule has 0 amide bonds. The Labute approximate surface area is 168 Å². The summed E-state index contributed by atoms with van der Waals surface area (Å²) in [6, 6.07) is 17.2. The molecule has 2 bridgehead atoms. The predicted molar refractivity (Wildman–Crippen MR) is 111 cm³/mol. The van der Waals surface area contributed by atoms with Gasteiger partial charge in [-0.1, -0.05) is 24.3 Å². The lowest BCUT2D eigenvalue weighted by molar-refractivity contribution is -0.0595. The highest BCUT2D eigenvalue weighted by Gasteiger charge is 2.48. The number of benzene rings is 2. The predicted octanol–water partition coefficient (Wildman–Crippen LogP) is 4.50. The minimum Gasteiger partial charge on any atom is -0.497 e. The maximum absolute atomic E-state index is 11.4. The summed E-state index contributed by atoms with van der Waals surface area (Å²) < 4.78 is 11.1. The molecule has 0 aromatic heterocycles. The summed E-state index contributed by atoms with van der Waals surface area (Å²) in [7, 11) is 1.67. The van der Waals surface area contributed by atoms with Crippen LogP contribution in [-0.2, 0) is 12.1 Å². The molecule has 0 radical (unpaired) electrons. The summed E-state index contributed by atoms with van der Waals surface area (Å²) in [5.41, 5.74) is 1.55. The fourth-order valence-corrected chi connectivity index (χ4v) is 4.91. The molecule has 2 saturated heterocycles. The van der Waals surface area contributed by atoms with E-state index in [9.17, 15) is 5.11 Å². The molecule has 0 unspecified atom stereocenters. The van der Waals surface area contributed by atoms with Gasteiger partial charge in [0.25, 0.3) is 0 Å². The van der Waals surface area contributed by atoms with E-state index in [1.54, 1.807) is 7.11 Å². The second-order valence-corrected chi connectivity index (χ2v) is 8.54. The quantitative estimate of drug-likeness (QED) is 0.800. The highest BCUT2D eigenvalue weighted by Crippen LogP contribution is 2.46. The van der Waals surface area contributed by atoms with Crippen LogP contribution in [0.15, 0.2) is 48.5 Å². The van der Waals surface area contributed by atoms with Gasteiger partial charge >= 0.3 is 0 Å². The van der Waals surface area contributed by atoms with Gasteiger partial charge < -0.3 is 14.6 Å². The Morgan fingerprint density at radius 3 is 2.32 bits per heavy atom. The van der Waals surface area contributed by atoms with Crippen molar-refractivity contribution in [2.24, 2.45) is 0 Å². The van der Waals surface area contributed by atoms with Crippen molar-refractivity contribution in [2.45, 2.75) is 69.9 Å². The van der Waals surface area contributed by atoms with Crippen molar-refractivity contribution in [1.82, 2.24) is 4.90 Å². The Morgan fingerprint density at radius 1 is 1.04 bits per heavy atom. The zero-order valence-corrected chi connectivity index (χ0v) is 17.1. The Kier molecular flexibility index (Phi) is 5.35. The third kappa shape index (κ3) is 3.89. The summed E-state index contributed by atoms with van der Waals surface area (Å²) in [6.45, 7) is 5.03. The largest absolute Gasteiger partial charge is 0.497 e. The van der Waals surface area contributed by atoms with Gasteiger partial charge in [0.15, 0.2) is 0 Å². The number of rotatable bonds is 6. The molecule has 0 aliphatic carbocycles. The molecule has 2 fully saturated rings. The van der Waals surface area contributed by atoms with Gasteiger partial charge in [0.05, 0.1) is 18.8 Å². The van der Waals surface area contributed by atoms with E-state index in [4.69, 9.17) is 9.47 Å². The van der Waals surface area contributed by atoms with Crippen LogP contribution in [-0.4, -0.2) is 35.3 Å². The van der Waals surface area contributed by atoms with Gasteiger partial charge in [-0.25, -0.2) is 0 Å². The van der Waals surface area contributed by atoms with E-state index >= 15 is 0 Å². The number of fused-ring (bicyclic) bond motifs is 2. The molecule has 4 rings (SSSR count). The van der Waals surface area contributed by atoms with Crippen LogP contribution >= 0.6 is 0 Å². The van der Waals surface area contributed by atoms with Crippen LogP contribution in [0.5, 0.6) is 11.5 Å². The Morgan fingerprint density at radius 2 is 1.71 bits per heavy atom. The summed E-state index contributed by atoms with van der Waals surface area (Å²) in [6.07, 6.45) is 4.08. The van der Waals surface area contributed by atoms with Crippen LogP contribution in [0.3, 0.4) is 0 Å². The van der Waals surface area contributed by atoms with E-state index in [2.05, 4.69) is 36.9 Å². The van der Waals surface area contributed by atoms with Crippen molar-refractivity contribution < 1.29 is 14.6 Å². The van der Waals surface area contributed by atoms with Gasteiger partial charge in [-0.2, -0.15) is 0 Å². The molecule has 2 aliphatic rings. The topological polar surface area (TPSA) is 41.9 Å². The zero-order chi connectivity index (χ0) is 19.7. The molecular formula is C24H31NO3. The third-order valence-electron chi connectivity index (χ3n) is 6.18. The number of hydrogen-bond donors (Lipinski definition) is 1. The molecule has 0 spiro atoms. The smallest absolute Gasteiger partial charge is 0.120 e. The molecule has 4 heteroatoms. The molecule has 1 N–H and O–H groups in total. The van der Waals surface area contributed by atoms with E-state index in [-0.39, 0.29) is 6.10 Å². The molecule has 2 atom stereocenters. The van der Waals surface area contributed by atoms with E-state index in [0.29, 0.717) is 12.1 Å². The Hall–Kier alpha value is -2.04. The van der Waals surface area contributed by atoms with Crippen LogP contribution in [0.25, 0.3) is 0 Å². The molecule has 2 heterocycles. The minimum atomic E-state index is -0.739. The normalized spacial score (nSPS) is 27.2. The van der Waals surface area contributed by atoms with E-state index in [0.717, 1.165) is 49.3 Å². The number of aliphatic hydroxyl groups is 1. The summed E-state index contributed by atoms with van der Waals surface area (Å²) in [5, 5.41) is 11.4. The molecular weight excluding hydrogens is 350 g/mol. The number of methoxy groups -OCH3 is 1. The van der Waals surface area contributed by atoms with Crippen LogP contribution < -0.4 is 9.47 Å². The van der Waals surface area contributed by atoms with E-state index < -0.39 is 5.60 Å². The average molecular weight is 382 g/mol. The monoisotopic (exact) mass is 381 g/mol. The van der Waals surface area contributed by atoms with Crippen LogP contribution in [0.4, 0.5) is 0 Å². The van der Waals surface area contributed by atoms with Gasteiger partial charge in [0.1, 0.15) is 11.5 Å². The summed E-state index contributed by atoms with van der Waals surface area (Å²) in [4.78, 5) is 2.59. The second kappa shape index (κ2) is 7.76. The van der Waals surface area contributed by atoms with Crippen molar-refractivity contribution in [3.8, 4) is 11.5 Å². The van der Waals surface area contributed by atoms with Gasteiger partial charge in [0.2, 0.25) is 0 Å². The lowest BCUT2D eigenvalue weighted by Crippen LogP contribution is -2.49. The Balaban J connectivity index is 1.48. The van der Waals surface area contributed by atoms with E-state index in [1.807, 2.05) is 30.3 Å². The highest BCUT2D eigenvalue weighted by atomic mass is 16.5. The zero-order valence-electron chi connectivity index (χ0n) is 17.1. The standard InChI is InChI=1S/C24H31NO3/c1-17(2)28-23-6-4-5-18(13-23)16-25-20-9-10-21(25)15-24(26,14-20)19-7-11-22(27-3)12-8-19/h4-8,11-13,17,20-21,26H,9-10,14-16H2,1-3H3/t20-,21-/m1/s1. The SMILES string of the molecule is COc1ccc(C2(O)C[C@H]3CC[C@H](C2)N3Cc2cccc(OC(C)C)c2)cc1. The van der Waals surface area contributed by atoms with E-state index in [1.165, 1.54) is 5.56 Å². The van der Waals surface area contributed by atoms with Gasteiger partial charge in [0, 0.05) is 18.6 Å². The van der Waals surface area contributed by atoms with Gasteiger partial charge in [-0.3, -0.25) is 4.90 Å². The first kappa shape index (κ1) is 19.3. The molecule has 2 aliphatic heterocycles. The van der Waals surface area contributed by atoms with Crippen LogP contribution in [0.2, 0.25) is 0 Å². The number of hydrogen-bond acceptors (Lipinski definition) is 4. The molecule has 2 aromatic rings. The van der Waals surface area contributed by atoms with Crippen molar-refractivity contribution >= 4 is 0 Å². The first-order valence-electron chi connectivity index (χ1n) is 10.3. The fraction of sp³-hybridized carbons (Fsp3) is 0.500. The molecule has 0 saturated carbocycles. The molecule has 2 aromatic carbocycles. The minimum absolute atomic E-state index is 0.181. The van der Waals surface area contributed by atoms with Gasteiger partial charge in [-0.15, -0.1) is 0 Å². The van der Waals surface area contributed by atoms with Crippen LogP contribution in [0, 0.1) is 0 Å². The average Bonchev–Trinajstić information content (AvgIpc) is 2.92. The number of piperidine rings is 1. The molecule has 4 nitrogen and oxygen atoms in total. The first-order chi connectivity index (χ1) is 13.5. The maximum Gasteiger partial charge on any atom is 0.120 e. The maximum atomic E-state index is 11.4. The number of ether oxygens (including phenoxy) is 2. The highest BCUT2D eigenvalue weighted by molar-refractivity contribution is 5.33. The lowest BCUT2D eigenvalue weighted by atomic mass is 9.80. The fourth-order valence-electron chi connectivity index (χ4n) is 4.91. The van der Waals surface area contributed by atoms with Crippen LogP contribution in [0.1, 0.15) is 50.7 Å². The Bertz CT molecular complexity index is 788.